The van der Waals surface area contributed by atoms with Crippen LogP contribution >= 0.6 is 0 Å². The number of hydrogen-bond donors (Lipinski definition) is 1. The second-order valence-corrected chi connectivity index (χ2v) is 5.15. The van der Waals surface area contributed by atoms with Crippen LogP contribution in [0.25, 0.3) is 0 Å². The molecule has 1 saturated heterocycles. The van der Waals surface area contributed by atoms with E-state index < -0.39 is 0 Å². The minimum atomic E-state index is -0.0810. The second kappa shape index (κ2) is 6.61. The van der Waals surface area contributed by atoms with Gasteiger partial charge in [0.15, 0.2) is 0 Å². The molecule has 1 aliphatic heterocycles. The topological polar surface area (TPSA) is 58.8 Å². The molecular formula is C15H23N3O2. The largest absolute Gasteiger partial charge is 0.497 e. The number of hydrogen-bond acceptors (Lipinski definition) is 4. The third kappa shape index (κ3) is 3.22. The average molecular weight is 277 g/mol. The third-order valence-electron chi connectivity index (χ3n) is 3.80. The molecule has 0 spiro atoms. The van der Waals surface area contributed by atoms with E-state index in [2.05, 4.69) is 17.0 Å². The average Bonchev–Trinajstić information content (AvgIpc) is 2.53. The smallest absolute Gasteiger partial charge is 0.226 e. The van der Waals surface area contributed by atoms with E-state index in [1.165, 1.54) is 5.69 Å². The van der Waals surface area contributed by atoms with Crippen molar-refractivity contribution in [3.05, 3.63) is 24.3 Å². The predicted octanol–water partition coefficient (Wildman–Crippen LogP) is 0.939. The first-order chi connectivity index (χ1) is 9.65. The maximum atomic E-state index is 12.1. The molecule has 20 heavy (non-hydrogen) atoms. The molecule has 2 rings (SSSR count). The van der Waals surface area contributed by atoms with Crippen LogP contribution in [-0.2, 0) is 4.79 Å². The fourth-order valence-corrected chi connectivity index (χ4v) is 2.39. The lowest BCUT2D eigenvalue weighted by Crippen LogP contribution is -2.50. The van der Waals surface area contributed by atoms with Crippen molar-refractivity contribution in [1.82, 2.24) is 4.90 Å². The molecule has 1 aromatic carbocycles. The van der Waals surface area contributed by atoms with Crippen molar-refractivity contribution >= 4 is 11.6 Å². The summed E-state index contributed by atoms with van der Waals surface area (Å²) in [5.74, 6) is 0.948. The van der Waals surface area contributed by atoms with Gasteiger partial charge in [0.25, 0.3) is 0 Å². The van der Waals surface area contributed by atoms with Gasteiger partial charge in [-0.25, -0.2) is 0 Å². The van der Waals surface area contributed by atoms with Crippen LogP contribution in [0.2, 0.25) is 0 Å². The first kappa shape index (κ1) is 14.7. The summed E-state index contributed by atoms with van der Waals surface area (Å²) in [6, 6.07) is 8.03. The maximum Gasteiger partial charge on any atom is 0.226 e. The summed E-state index contributed by atoms with van der Waals surface area (Å²) in [4.78, 5) is 16.3. The van der Waals surface area contributed by atoms with Crippen LogP contribution in [0.5, 0.6) is 5.75 Å². The van der Waals surface area contributed by atoms with E-state index in [9.17, 15) is 4.79 Å². The molecule has 1 aliphatic rings. The lowest BCUT2D eigenvalue weighted by atomic mass is 10.1. The Bertz CT molecular complexity index is 439. The monoisotopic (exact) mass is 277 g/mol. The quantitative estimate of drug-likeness (QED) is 0.890. The standard InChI is InChI=1S/C15H23N3O2/c1-12(11-16)15(19)18-9-7-17(8-10-18)13-3-5-14(20-2)6-4-13/h3-6,12H,7-11,16H2,1-2H3. The van der Waals surface area contributed by atoms with Crippen LogP contribution in [0.1, 0.15) is 6.92 Å². The normalized spacial score (nSPS) is 16.9. The molecule has 1 fully saturated rings. The molecule has 1 atom stereocenters. The van der Waals surface area contributed by atoms with Gasteiger partial charge in [0.2, 0.25) is 5.91 Å². The van der Waals surface area contributed by atoms with E-state index in [4.69, 9.17) is 10.5 Å². The predicted molar refractivity (Wildman–Crippen MR) is 80.0 cm³/mol. The van der Waals surface area contributed by atoms with Crippen LogP contribution in [0.3, 0.4) is 0 Å². The minimum absolute atomic E-state index is 0.0810. The zero-order chi connectivity index (χ0) is 14.5. The summed E-state index contributed by atoms with van der Waals surface area (Å²) in [6.07, 6.45) is 0. The van der Waals surface area contributed by atoms with Gasteiger partial charge < -0.3 is 20.3 Å². The Balaban J connectivity index is 1.92. The van der Waals surface area contributed by atoms with Crippen molar-refractivity contribution in [2.45, 2.75) is 6.92 Å². The summed E-state index contributed by atoms with van der Waals surface area (Å²) in [6.45, 7) is 5.53. The van der Waals surface area contributed by atoms with E-state index in [0.29, 0.717) is 6.54 Å². The maximum absolute atomic E-state index is 12.1. The molecule has 1 amide bonds. The summed E-state index contributed by atoms with van der Waals surface area (Å²) >= 11 is 0. The number of carbonyl (C=O) groups is 1. The number of methoxy groups -OCH3 is 1. The Hall–Kier alpha value is -1.75. The highest BCUT2D eigenvalue weighted by atomic mass is 16.5. The van der Waals surface area contributed by atoms with Crippen molar-refractivity contribution in [1.29, 1.82) is 0 Å². The first-order valence-corrected chi connectivity index (χ1v) is 7.03. The third-order valence-corrected chi connectivity index (χ3v) is 3.80. The molecule has 0 radical (unpaired) electrons. The summed E-state index contributed by atoms with van der Waals surface area (Å²) in [5, 5.41) is 0. The molecule has 0 bridgehead atoms. The number of nitrogens with zero attached hydrogens (tertiary/aromatic N) is 2. The van der Waals surface area contributed by atoms with Gasteiger partial charge in [-0.1, -0.05) is 6.92 Å². The number of carbonyl (C=O) groups excluding carboxylic acids is 1. The number of nitrogens with two attached hydrogens (primary N) is 1. The zero-order valence-corrected chi connectivity index (χ0v) is 12.2. The highest BCUT2D eigenvalue weighted by Gasteiger charge is 2.24. The van der Waals surface area contributed by atoms with Crippen molar-refractivity contribution in [2.75, 3.05) is 44.7 Å². The van der Waals surface area contributed by atoms with Crippen LogP contribution in [0, 0.1) is 5.92 Å². The van der Waals surface area contributed by atoms with Gasteiger partial charge >= 0.3 is 0 Å². The van der Waals surface area contributed by atoms with Crippen LogP contribution in [0.4, 0.5) is 5.69 Å². The Morgan fingerprint density at radius 1 is 1.25 bits per heavy atom. The van der Waals surface area contributed by atoms with E-state index in [-0.39, 0.29) is 11.8 Å². The van der Waals surface area contributed by atoms with Gasteiger partial charge in [0, 0.05) is 44.3 Å². The minimum Gasteiger partial charge on any atom is -0.497 e. The zero-order valence-electron chi connectivity index (χ0n) is 12.2. The SMILES string of the molecule is COc1ccc(N2CCN(C(=O)C(C)CN)CC2)cc1. The van der Waals surface area contributed by atoms with E-state index in [1.807, 2.05) is 24.0 Å². The Labute approximate surface area is 120 Å². The van der Waals surface area contributed by atoms with Crippen LogP contribution < -0.4 is 15.4 Å². The molecule has 1 unspecified atom stereocenters. The van der Waals surface area contributed by atoms with Crippen LogP contribution in [0.15, 0.2) is 24.3 Å². The van der Waals surface area contributed by atoms with Gasteiger partial charge in [0.1, 0.15) is 5.75 Å². The summed E-state index contributed by atoms with van der Waals surface area (Å²) in [5.41, 5.74) is 6.73. The van der Waals surface area contributed by atoms with Gasteiger partial charge in [-0.15, -0.1) is 0 Å². The molecular weight excluding hydrogens is 254 g/mol. The Morgan fingerprint density at radius 2 is 1.85 bits per heavy atom. The number of benzene rings is 1. The van der Waals surface area contributed by atoms with Crippen molar-refractivity contribution in [2.24, 2.45) is 11.7 Å². The van der Waals surface area contributed by atoms with Gasteiger partial charge in [-0.05, 0) is 24.3 Å². The molecule has 1 heterocycles. The Kier molecular flexibility index (Phi) is 4.84. The van der Waals surface area contributed by atoms with Crippen LogP contribution in [-0.4, -0.2) is 50.6 Å². The number of rotatable bonds is 4. The van der Waals surface area contributed by atoms with E-state index in [1.54, 1.807) is 7.11 Å². The number of ether oxygens (including phenoxy) is 1. The Morgan fingerprint density at radius 3 is 2.35 bits per heavy atom. The van der Waals surface area contributed by atoms with Gasteiger partial charge in [-0.2, -0.15) is 0 Å². The molecule has 1 aromatic rings. The highest BCUT2D eigenvalue weighted by molar-refractivity contribution is 5.79. The molecule has 5 nitrogen and oxygen atoms in total. The van der Waals surface area contributed by atoms with Crippen molar-refractivity contribution in [3.8, 4) is 5.75 Å². The second-order valence-electron chi connectivity index (χ2n) is 5.15. The van der Waals surface area contributed by atoms with Crippen molar-refractivity contribution in [3.63, 3.8) is 0 Å². The number of amides is 1. The molecule has 110 valence electrons. The van der Waals surface area contributed by atoms with Gasteiger partial charge in [-0.3, -0.25) is 4.79 Å². The highest BCUT2D eigenvalue weighted by Crippen LogP contribution is 2.20. The number of piperazine rings is 1. The molecule has 5 heteroatoms. The molecule has 0 saturated carbocycles. The summed E-state index contributed by atoms with van der Waals surface area (Å²) in [7, 11) is 1.66. The lowest BCUT2D eigenvalue weighted by molar-refractivity contribution is -0.134. The van der Waals surface area contributed by atoms with Gasteiger partial charge in [0.05, 0.1) is 7.11 Å². The fraction of sp³-hybridized carbons (Fsp3) is 0.533. The fourth-order valence-electron chi connectivity index (χ4n) is 2.39. The van der Waals surface area contributed by atoms with E-state index in [0.717, 1.165) is 31.9 Å². The molecule has 2 N–H and O–H groups in total. The lowest BCUT2D eigenvalue weighted by Gasteiger charge is -2.37. The number of anilines is 1. The van der Waals surface area contributed by atoms with Crippen molar-refractivity contribution < 1.29 is 9.53 Å². The first-order valence-electron chi connectivity index (χ1n) is 7.03. The van der Waals surface area contributed by atoms with E-state index >= 15 is 0 Å². The summed E-state index contributed by atoms with van der Waals surface area (Å²) < 4.78 is 5.16. The molecule has 0 aromatic heterocycles. The molecule has 0 aliphatic carbocycles.